The lowest BCUT2D eigenvalue weighted by Gasteiger charge is -2.12. The zero-order valence-electron chi connectivity index (χ0n) is 12.3. The summed E-state index contributed by atoms with van der Waals surface area (Å²) in [6.45, 7) is 1.18. The van der Waals surface area contributed by atoms with Crippen LogP contribution in [-0.4, -0.2) is 24.5 Å². The Morgan fingerprint density at radius 2 is 2.05 bits per heavy atom. The number of hydrogen-bond donors (Lipinski definition) is 2. The van der Waals surface area contributed by atoms with Crippen LogP contribution >= 0.6 is 11.6 Å². The van der Waals surface area contributed by atoms with E-state index < -0.39 is 0 Å². The molecule has 0 aliphatic heterocycles. The van der Waals surface area contributed by atoms with E-state index in [4.69, 9.17) is 11.6 Å². The quantitative estimate of drug-likeness (QED) is 0.506. The summed E-state index contributed by atoms with van der Waals surface area (Å²) >= 11 is 5.74. The summed E-state index contributed by atoms with van der Waals surface area (Å²) < 4.78 is 13.5. The molecule has 1 heterocycles. The van der Waals surface area contributed by atoms with Crippen LogP contribution in [0.5, 0.6) is 0 Å². The van der Waals surface area contributed by atoms with Gasteiger partial charge in [-0.3, -0.25) is 4.99 Å². The van der Waals surface area contributed by atoms with Crippen molar-refractivity contribution in [1.29, 1.82) is 0 Å². The van der Waals surface area contributed by atoms with Gasteiger partial charge in [0.2, 0.25) is 0 Å². The highest BCUT2D eigenvalue weighted by molar-refractivity contribution is 6.29. The number of rotatable bonds is 5. The smallest absolute Gasteiger partial charge is 0.191 e. The maximum absolute atomic E-state index is 13.5. The van der Waals surface area contributed by atoms with Gasteiger partial charge in [-0.25, -0.2) is 9.37 Å². The van der Waals surface area contributed by atoms with Crippen LogP contribution in [0.3, 0.4) is 0 Å². The first-order valence-corrected chi connectivity index (χ1v) is 7.35. The van der Waals surface area contributed by atoms with Crippen LogP contribution in [0.15, 0.2) is 47.6 Å². The number of nitrogens with one attached hydrogen (secondary N) is 2. The van der Waals surface area contributed by atoms with Crippen molar-refractivity contribution in [3.63, 3.8) is 0 Å². The van der Waals surface area contributed by atoms with Crippen molar-refractivity contribution in [3.05, 3.63) is 64.7 Å². The van der Waals surface area contributed by atoms with Gasteiger partial charge in [0.05, 0.1) is 0 Å². The number of guanidine groups is 1. The SMILES string of the molecule is CN=C(NCCc1ccccc1F)NCc1ccc(Cl)nc1. The molecule has 2 aromatic rings. The van der Waals surface area contributed by atoms with Crippen LogP contribution < -0.4 is 10.6 Å². The van der Waals surface area contributed by atoms with E-state index in [2.05, 4.69) is 20.6 Å². The highest BCUT2D eigenvalue weighted by Crippen LogP contribution is 2.06. The summed E-state index contributed by atoms with van der Waals surface area (Å²) in [5.74, 6) is 0.478. The minimum atomic E-state index is -0.181. The first kappa shape index (κ1) is 16.2. The van der Waals surface area contributed by atoms with Crippen LogP contribution in [0.2, 0.25) is 5.15 Å². The predicted octanol–water partition coefficient (Wildman–Crippen LogP) is 2.78. The van der Waals surface area contributed by atoms with Crippen LogP contribution in [0.1, 0.15) is 11.1 Å². The Morgan fingerprint density at radius 3 is 2.73 bits per heavy atom. The Kier molecular flexibility index (Phi) is 6.15. The van der Waals surface area contributed by atoms with Crippen LogP contribution in [0.25, 0.3) is 0 Å². The van der Waals surface area contributed by atoms with E-state index in [0.717, 1.165) is 5.56 Å². The van der Waals surface area contributed by atoms with Gasteiger partial charge in [0.15, 0.2) is 5.96 Å². The average Bonchev–Trinajstić information content (AvgIpc) is 2.54. The molecule has 0 atom stereocenters. The first-order chi connectivity index (χ1) is 10.7. The average molecular weight is 321 g/mol. The molecule has 0 amide bonds. The Bertz CT molecular complexity index is 628. The van der Waals surface area contributed by atoms with Crippen molar-refractivity contribution < 1.29 is 4.39 Å². The Hall–Kier alpha value is -2.14. The second kappa shape index (κ2) is 8.34. The molecule has 0 saturated heterocycles. The largest absolute Gasteiger partial charge is 0.356 e. The molecule has 0 aliphatic rings. The standard InChI is InChI=1S/C16H18ClFN4/c1-19-16(22-11-12-6-7-15(17)21-10-12)20-9-8-13-4-2-3-5-14(13)18/h2-7,10H,8-9,11H2,1H3,(H2,19,20,22). The molecule has 0 fully saturated rings. The zero-order valence-corrected chi connectivity index (χ0v) is 13.1. The number of aliphatic imine (C=N–C) groups is 1. The topological polar surface area (TPSA) is 49.3 Å². The Balaban J connectivity index is 1.78. The third-order valence-corrected chi connectivity index (χ3v) is 3.34. The molecule has 0 saturated carbocycles. The number of benzene rings is 1. The molecular weight excluding hydrogens is 303 g/mol. The summed E-state index contributed by atoms with van der Waals surface area (Å²) in [7, 11) is 1.69. The van der Waals surface area contributed by atoms with Crippen LogP contribution in [-0.2, 0) is 13.0 Å². The van der Waals surface area contributed by atoms with Gasteiger partial charge in [-0.1, -0.05) is 35.9 Å². The van der Waals surface area contributed by atoms with E-state index in [-0.39, 0.29) is 5.82 Å². The van der Waals surface area contributed by atoms with Gasteiger partial charge in [0.1, 0.15) is 11.0 Å². The van der Waals surface area contributed by atoms with Crippen molar-refractivity contribution >= 4 is 17.6 Å². The molecule has 1 aromatic carbocycles. The lowest BCUT2D eigenvalue weighted by molar-refractivity contribution is 0.606. The highest BCUT2D eigenvalue weighted by atomic mass is 35.5. The Morgan fingerprint density at radius 1 is 1.23 bits per heavy atom. The molecule has 0 bridgehead atoms. The molecule has 2 rings (SSSR count). The van der Waals surface area contributed by atoms with Crippen molar-refractivity contribution in [2.24, 2.45) is 4.99 Å². The summed E-state index contributed by atoms with van der Waals surface area (Å²) in [6.07, 6.45) is 2.30. The first-order valence-electron chi connectivity index (χ1n) is 6.97. The molecule has 2 N–H and O–H groups in total. The van der Waals surface area contributed by atoms with E-state index in [0.29, 0.717) is 36.2 Å². The van der Waals surface area contributed by atoms with E-state index >= 15 is 0 Å². The number of hydrogen-bond acceptors (Lipinski definition) is 2. The molecule has 22 heavy (non-hydrogen) atoms. The lowest BCUT2D eigenvalue weighted by atomic mass is 10.1. The van der Waals surface area contributed by atoms with Gasteiger partial charge in [-0.15, -0.1) is 0 Å². The lowest BCUT2D eigenvalue weighted by Crippen LogP contribution is -2.37. The summed E-state index contributed by atoms with van der Waals surface area (Å²) in [6, 6.07) is 10.4. The molecule has 0 spiro atoms. The minimum Gasteiger partial charge on any atom is -0.356 e. The monoisotopic (exact) mass is 320 g/mol. The highest BCUT2D eigenvalue weighted by Gasteiger charge is 2.02. The summed E-state index contributed by atoms with van der Waals surface area (Å²) in [4.78, 5) is 8.15. The molecule has 4 nitrogen and oxygen atoms in total. The van der Waals surface area contributed by atoms with Crippen LogP contribution in [0, 0.1) is 5.82 Å². The summed E-state index contributed by atoms with van der Waals surface area (Å²) in [5, 5.41) is 6.79. The van der Waals surface area contributed by atoms with Gasteiger partial charge in [-0.2, -0.15) is 0 Å². The normalized spacial score (nSPS) is 11.3. The Labute approximate surface area is 134 Å². The van der Waals surface area contributed by atoms with Gasteiger partial charge in [0.25, 0.3) is 0 Å². The van der Waals surface area contributed by atoms with E-state index in [1.807, 2.05) is 12.1 Å². The number of halogens is 2. The molecular formula is C16H18ClFN4. The van der Waals surface area contributed by atoms with E-state index in [1.54, 1.807) is 31.4 Å². The minimum absolute atomic E-state index is 0.181. The summed E-state index contributed by atoms with van der Waals surface area (Å²) in [5.41, 5.74) is 1.69. The van der Waals surface area contributed by atoms with E-state index in [1.165, 1.54) is 6.07 Å². The molecule has 1 aromatic heterocycles. The fourth-order valence-corrected chi connectivity index (χ4v) is 2.05. The van der Waals surface area contributed by atoms with Crippen LogP contribution in [0.4, 0.5) is 4.39 Å². The van der Waals surface area contributed by atoms with Gasteiger partial charge in [0, 0.05) is 26.3 Å². The third-order valence-electron chi connectivity index (χ3n) is 3.12. The van der Waals surface area contributed by atoms with Crippen molar-refractivity contribution in [1.82, 2.24) is 15.6 Å². The van der Waals surface area contributed by atoms with Gasteiger partial charge in [-0.05, 0) is 29.7 Å². The molecule has 0 radical (unpaired) electrons. The number of pyridine rings is 1. The number of aromatic nitrogens is 1. The maximum atomic E-state index is 13.5. The molecule has 116 valence electrons. The predicted molar refractivity (Wildman–Crippen MR) is 87.6 cm³/mol. The van der Waals surface area contributed by atoms with Crippen molar-refractivity contribution in [2.45, 2.75) is 13.0 Å². The second-order valence-electron chi connectivity index (χ2n) is 4.68. The second-order valence-corrected chi connectivity index (χ2v) is 5.07. The fraction of sp³-hybridized carbons (Fsp3) is 0.250. The third kappa shape index (κ3) is 5.00. The fourth-order valence-electron chi connectivity index (χ4n) is 1.93. The maximum Gasteiger partial charge on any atom is 0.191 e. The van der Waals surface area contributed by atoms with Crippen molar-refractivity contribution in [2.75, 3.05) is 13.6 Å². The van der Waals surface area contributed by atoms with Gasteiger partial charge >= 0.3 is 0 Å². The molecule has 6 heteroatoms. The number of nitrogens with zero attached hydrogens (tertiary/aromatic N) is 2. The van der Waals surface area contributed by atoms with E-state index in [9.17, 15) is 4.39 Å². The van der Waals surface area contributed by atoms with Gasteiger partial charge < -0.3 is 10.6 Å². The van der Waals surface area contributed by atoms with Crippen molar-refractivity contribution in [3.8, 4) is 0 Å². The molecule has 0 aliphatic carbocycles. The zero-order chi connectivity index (χ0) is 15.8. The molecule has 0 unspecified atom stereocenters.